The molecule has 2 unspecified atom stereocenters. The second kappa shape index (κ2) is 5.85. The van der Waals surface area contributed by atoms with Crippen LogP contribution in [-0.2, 0) is 6.54 Å². The third-order valence-corrected chi connectivity index (χ3v) is 4.07. The molecule has 0 N–H and O–H groups in total. The zero-order chi connectivity index (χ0) is 13.1. The van der Waals surface area contributed by atoms with E-state index in [2.05, 4.69) is 67.8 Å². The van der Waals surface area contributed by atoms with Crippen LogP contribution >= 0.6 is 0 Å². The van der Waals surface area contributed by atoms with Gasteiger partial charge in [-0.2, -0.15) is 0 Å². The normalized spacial score (nSPS) is 26.7. The van der Waals surface area contributed by atoms with E-state index >= 15 is 0 Å². The van der Waals surface area contributed by atoms with E-state index in [1.807, 2.05) is 0 Å². The minimum Gasteiger partial charge on any atom is -0.298 e. The van der Waals surface area contributed by atoms with Crippen molar-refractivity contribution in [3.05, 3.63) is 35.9 Å². The van der Waals surface area contributed by atoms with Gasteiger partial charge >= 0.3 is 0 Å². The molecule has 2 nitrogen and oxygen atoms in total. The summed E-state index contributed by atoms with van der Waals surface area (Å²) in [6.07, 6.45) is 0. The molecule has 0 radical (unpaired) electrons. The van der Waals surface area contributed by atoms with Gasteiger partial charge in [0.25, 0.3) is 0 Å². The Kier molecular flexibility index (Phi) is 4.41. The van der Waals surface area contributed by atoms with Gasteiger partial charge in [-0.1, -0.05) is 30.3 Å². The molecule has 0 spiro atoms. The van der Waals surface area contributed by atoms with Gasteiger partial charge in [0.2, 0.25) is 0 Å². The number of piperazine rings is 1. The molecule has 18 heavy (non-hydrogen) atoms. The van der Waals surface area contributed by atoms with Crippen LogP contribution in [0.15, 0.2) is 30.3 Å². The lowest BCUT2D eigenvalue weighted by Gasteiger charge is -2.46. The predicted octanol–water partition coefficient (Wildman–Crippen LogP) is 2.99. The Balaban J connectivity index is 2.01. The number of benzene rings is 1. The highest BCUT2D eigenvalue weighted by Gasteiger charge is 2.30. The molecule has 1 aliphatic heterocycles. The third kappa shape index (κ3) is 3.12. The van der Waals surface area contributed by atoms with Crippen LogP contribution in [0.2, 0.25) is 0 Å². The molecular weight excluding hydrogens is 220 g/mol. The predicted molar refractivity (Wildman–Crippen MR) is 77.6 cm³/mol. The van der Waals surface area contributed by atoms with Crippen molar-refractivity contribution in [3.63, 3.8) is 0 Å². The average Bonchev–Trinajstić information content (AvgIpc) is 2.34. The molecule has 0 amide bonds. The maximum Gasteiger partial charge on any atom is 0.0240 e. The Bertz CT molecular complexity index is 349. The summed E-state index contributed by atoms with van der Waals surface area (Å²) in [6, 6.07) is 12.8. The topological polar surface area (TPSA) is 6.48 Å². The first kappa shape index (κ1) is 13.6. The van der Waals surface area contributed by atoms with Crippen LogP contribution in [-0.4, -0.2) is 41.0 Å². The second-order valence-electron chi connectivity index (χ2n) is 5.90. The van der Waals surface area contributed by atoms with Crippen LogP contribution in [0, 0.1) is 0 Å². The Morgan fingerprint density at radius 3 is 2.11 bits per heavy atom. The molecule has 1 heterocycles. The van der Waals surface area contributed by atoms with Crippen molar-refractivity contribution >= 4 is 0 Å². The lowest BCUT2D eigenvalue weighted by atomic mass is 10.0. The largest absolute Gasteiger partial charge is 0.298 e. The van der Waals surface area contributed by atoms with Crippen molar-refractivity contribution in [1.82, 2.24) is 9.80 Å². The van der Waals surface area contributed by atoms with Crippen molar-refractivity contribution in [2.24, 2.45) is 0 Å². The monoisotopic (exact) mass is 246 g/mol. The van der Waals surface area contributed by atoms with Crippen molar-refractivity contribution in [1.29, 1.82) is 0 Å². The van der Waals surface area contributed by atoms with E-state index in [0.29, 0.717) is 18.1 Å². The summed E-state index contributed by atoms with van der Waals surface area (Å²) in [5.74, 6) is 0. The van der Waals surface area contributed by atoms with E-state index in [-0.39, 0.29) is 0 Å². The lowest BCUT2D eigenvalue weighted by Crippen LogP contribution is -2.57. The van der Waals surface area contributed by atoms with Crippen LogP contribution in [0.25, 0.3) is 0 Å². The molecule has 0 aromatic heterocycles. The van der Waals surface area contributed by atoms with Gasteiger partial charge < -0.3 is 0 Å². The highest BCUT2D eigenvalue weighted by atomic mass is 15.3. The summed E-state index contributed by atoms with van der Waals surface area (Å²) < 4.78 is 0. The van der Waals surface area contributed by atoms with Gasteiger partial charge in [-0.05, 0) is 33.3 Å². The first-order chi connectivity index (χ1) is 8.58. The molecule has 0 saturated carbocycles. The van der Waals surface area contributed by atoms with Gasteiger partial charge in [0.15, 0.2) is 0 Å². The third-order valence-electron chi connectivity index (χ3n) is 4.07. The van der Waals surface area contributed by atoms with E-state index in [0.717, 1.165) is 6.54 Å². The minimum atomic E-state index is 0.636. The van der Waals surface area contributed by atoms with Crippen LogP contribution in [0.3, 0.4) is 0 Å². The summed E-state index contributed by atoms with van der Waals surface area (Å²) in [6.45, 7) is 12.8. The first-order valence-electron chi connectivity index (χ1n) is 7.11. The smallest absolute Gasteiger partial charge is 0.0240 e. The summed E-state index contributed by atoms with van der Waals surface area (Å²) in [5, 5.41) is 0. The Morgan fingerprint density at radius 2 is 1.61 bits per heavy atom. The average molecular weight is 246 g/mol. The van der Waals surface area contributed by atoms with E-state index in [4.69, 9.17) is 0 Å². The summed E-state index contributed by atoms with van der Waals surface area (Å²) in [4.78, 5) is 5.23. The Hall–Kier alpha value is -0.860. The van der Waals surface area contributed by atoms with Crippen molar-refractivity contribution in [2.75, 3.05) is 13.1 Å². The second-order valence-corrected chi connectivity index (χ2v) is 5.90. The summed E-state index contributed by atoms with van der Waals surface area (Å²) >= 11 is 0. The van der Waals surface area contributed by atoms with Gasteiger partial charge in [-0.25, -0.2) is 0 Å². The van der Waals surface area contributed by atoms with Crippen molar-refractivity contribution in [2.45, 2.75) is 52.4 Å². The fourth-order valence-corrected chi connectivity index (χ4v) is 2.93. The van der Waals surface area contributed by atoms with Crippen molar-refractivity contribution < 1.29 is 0 Å². The van der Waals surface area contributed by atoms with E-state index in [9.17, 15) is 0 Å². The zero-order valence-corrected chi connectivity index (χ0v) is 12.1. The maximum absolute atomic E-state index is 2.63. The summed E-state index contributed by atoms with van der Waals surface area (Å²) in [5.41, 5.74) is 1.43. The molecule has 2 atom stereocenters. The number of nitrogens with zero attached hydrogens (tertiary/aromatic N) is 2. The standard InChI is InChI=1S/C16H26N2/c1-13(2)17-10-14(3)18(15(4)11-17)12-16-8-6-5-7-9-16/h5-9,13-15H,10-12H2,1-4H3. The first-order valence-corrected chi connectivity index (χ1v) is 7.11. The van der Waals surface area contributed by atoms with Gasteiger partial charge in [0.1, 0.15) is 0 Å². The molecule has 2 heteroatoms. The summed E-state index contributed by atoms with van der Waals surface area (Å²) in [7, 11) is 0. The van der Waals surface area contributed by atoms with Crippen LogP contribution in [0.1, 0.15) is 33.3 Å². The van der Waals surface area contributed by atoms with Crippen LogP contribution < -0.4 is 0 Å². The molecule has 1 aromatic rings. The Labute approximate surface area is 112 Å². The molecule has 0 aliphatic carbocycles. The number of hydrogen-bond acceptors (Lipinski definition) is 2. The molecular formula is C16H26N2. The van der Waals surface area contributed by atoms with Crippen LogP contribution in [0.5, 0.6) is 0 Å². The molecule has 0 bridgehead atoms. The molecule has 1 aliphatic rings. The maximum atomic E-state index is 2.63. The van der Waals surface area contributed by atoms with Crippen molar-refractivity contribution in [3.8, 4) is 0 Å². The van der Waals surface area contributed by atoms with Crippen LogP contribution in [0.4, 0.5) is 0 Å². The number of hydrogen-bond donors (Lipinski definition) is 0. The van der Waals surface area contributed by atoms with Gasteiger partial charge in [-0.3, -0.25) is 9.80 Å². The SMILES string of the molecule is CC(C)N1CC(C)N(Cc2ccccc2)C(C)C1. The molecule has 100 valence electrons. The van der Waals surface area contributed by atoms with E-state index in [1.54, 1.807) is 0 Å². The van der Waals surface area contributed by atoms with Gasteiger partial charge in [0.05, 0.1) is 0 Å². The fourth-order valence-electron chi connectivity index (χ4n) is 2.93. The van der Waals surface area contributed by atoms with E-state index in [1.165, 1.54) is 18.7 Å². The lowest BCUT2D eigenvalue weighted by molar-refractivity contribution is 0.0183. The Morgan fingerprint density at radius 1 is 1.06 bits per heavy atom. The van der Waals surface area contributed by atoms with E-state index < -0.39 is 0 Å². The van der Waals surface area contributed by atoms with Gasteiger partial charge in [-0.15, -0.1) is 0 Å². The quantitative estimate of drug-likeness (QED) is 0.809. The molecule has 1 aromatic carbocycles. The number of rotatable bonds is 3. The molecule has 2 rings (SSSR count). The molecule has 1 saturated heterocycles. The highest BCUT2D eigenvalue weighted by Crippen LogP contribution is 2.20. The molecule has 1 fully saturated rings. The highest BCUT2D eigenvalue weighted by molar-refractivity contribution is 5.15. The van der Waals surface area contributed by atoms with Gasteiger partial charge in [0, 0.05) is 37.8 Å². The minimum absolute atomic E-state index is 0.636. The fraction of sp³-hybridized carbons (Fsp3) is 0.625. The zero-order valence-electron chi connectivity index (χ0n) is 12.1.